The molecule has 1 amide bonds. The SMILES string of the molecule is CN(C)Cc1ccccc1NC(=O)c1cc(Br)c[nH]1. The minimum absolute atomic E-state index is 0.142. The number of para-hydroxylation sites is 1. The third-order valence-electron chi connectivity index (χ3n) is 2.64. The average Bonchev–Trinajstić information content (AvgIpc) is 2.78. The number of rotatable bonds is 4. The largest absolute Gasteiger partial charge is 0.356 e. The highest BCUT2D eigenvalue weighted by Crippen LogP contribution is 2.18. The number of nitrogens with zero attached hydrogens (tertiary/aromatic N) is 1. The molecule has 0 unspecified atom stereocenters. The van der Waals surface area contributed by atoms with Crippen LogP contribution >= 0.6 is 15.9 Å². The van der Waals surface area contributed by atoms with Gasteiger partial charge in [0.2, 0.25) is 0 Å². The summed E-state index contributed by atoms with van der Waals surface area (Å²) in [7, 11) is 4.00. The molecular formula is C14H16BrN3O. The first-order valence-corrected chi connectivity index (χ1v) is 6.73. The highest BCUT2D eigenvalue weighted by atomic mass is 79.9. The number of aromatic amines is 1. The number of carbonyl (C=O) groups excluding carboxylic acids is 1. The number of nitrogens with one attached hydrogen (secondary N) is 2. The van der Waals surface area contributed by atoms with Crippen molar-refractivity contribution in [1.82, 2.24) is 9.88 Å². The fraction of sp³-hybridized carbons (Fsp3) is 0.214. The third-order valence-corrected chi connectivity index (χ3v) is 3.10. The monoisotopic (exact) mass is 321 g/mol. The Bertz CT molecular complexity index is 578. The van der Waals surface area contributed by atoms with E-state index in [1.807, 2.05) is 38.4 Å². The lowest BCUT2D eigenvalue weighted by molar-refractivity contribution is 0.102. The van der Waals surface area contributed by atoms with Gasteiger partial charge in [-0.1, -0.05) is 18.2 Å². The molecule has 1 aromatic heterocycles. The highest BCUT2D eigenvalue weighted by Gasteiger charge is 2.10. The van der Waals surface area contributed by atoms with Crippen molar-refractivity contribution in [1.29, 1.82) is 0 Å². The van der Waals surface area contributed by atoms with Crippen molar-refractivity contribution in [3.05, 3.63) is 52.3 Å². The molecule has 19 heavy (non-hydrogen) atoms. The van der Waals surface area contributed by atoms with Gasteiger partial charge in [0.05, 0.1) is 0 Å². The van der Waals surface area contributed by atoms with Gasteiger partial charge in [0.1, 0.15) is 5.69 Å². The molecular weight excluding hydrogens is 306 g/mol. The first-order chi connectivity index (χ1) is 9.06. The smallest absolute Gasteiger partial charge is 0.272 e. The minimum atomic E-state index is -0.142. The lowest BCUT2D eigenvalue weighted by Crippen LogP contribution is -2.16. The fourth-order valence-corrected chi connectivity index (χ4v) is 2.15. The minimum Gasteiger partial charge on any atom is -0.356 e. The normalized spacial score (nSPS) is 10.7. The third kappa shape index (κ3) is 3.68. The summed E-state index contributed by atoms with van der Waals surface area (Å²) in [6.45, 7) is 0.783. The number of carbonyl (C=O) groups is 1. The molecule has 1 heterocycles. The summed E-state index contributed by atoms with van der Waals surface area (Å²) in [5, 5.41) is 2.93. The van der Waals surface area contributed by atoms with Crippen LogP contribution < -0.4 is 5.32 Å². The quantitative estimate of drug-likeness (QED) is 0.909. The molecule has 0 saturated carbocycles. The van der Waals surface area contributed by atoms with E-state index in [0.29, 0.717) is 5.69 Å². The Balaban J connectivity index is 2.16. The van der Waals surface area contributed by atoms with Gasteiger partial charge < -0.3 is 15.2 Å². The van der Waals surface area contributed by atoms with Crippen molar-refractivity contribution >= 4 is 27.5 Å². The molecule has 100 valence electrons. The van der Waals surface area contributed by atoms with E-state index in [0.717, 1.165) is 22.3 Å². The lowest BCUT2D eigenvalue weighted by Gasteiger charge is -2.14. The molecule has 0 bridgehead atoms. The Kier molecular flexibility index (Phi) is 4.39. The topological polar surface area (TPSA) is 48.1 Å². The van der Waals surface area contributed by atoms with Gasteiger partial charge in [-0.15, -0.1) is 0 Å². The zero-order valence-corrected chi connectivity index (χ0v) is 12.5. The molecule has 2 aromatic rings. The van der Waals surface area contributed by atoms with Crippen molar-refractivity contribution in [2.45, 2.75) is 6.54 Å². The highest BCUT2D eigenvalue weighted by molar-refractivity contribution is 9.10. The first kappa shape index (κ1) is 13.8. The molecule has 2 N–H and O–H groups in total. The van der Waals surface area contributed by atoms with Crippen molar-refractivity contribution in [2.75, 3.05) is 19.4 Å². The molecule has 0 spiro atoms. The Morgan fingerprint density at radius 3 is 2.74 bits per heavy atom. The zero-order valence-electron chi connectivity index (χ0n) is 10.9. The van der Waals surface area contributed by atoms with E-state index in [4.69, 9.17) is 0 Å². The van der Waals surface area contributed by atoms with Crippen LogP contribution in [0.2, 0.25) is 0 Å². The van der Waals surface area contributed by atoms with Crippen LogP contribution in [0.5, 0.6) is 0 Å². The number of halogens is 1. The molecule has 1 aromatic carbocycles. The maximum absolute atomic E-state index is 12.1. The molecule has 0 aliphatic heterocycles. The first-order valence-electron chi connectivity index (χ1n) is 5.94. The van der Waals surface area contributed by atoms with E-state index in [9.17, 15) is 4.79 Å². The van der Waals surface area contributed by atoms with E-state index in [1.165, 1.54) is 0 Å². The van der Waals surface area contributed by atoms with Crippen LogP contribution in [-0.4, -0.2) is 29.9 Å². The molecule has 4 nitrogen and oxygen atoms in total. The van der Waals surface area contributed by atoms with Gasteiger partial charge in [0, 0.05) is 22.9 Å². The number of hydrogen-bond donors (Lipinski definition) is 2. The van der Waals surface area contributed by atoms with Crippen LogP contribution in [0.25, 0.3) is 0 Å². The lowest BCUT2D eigenvalue weighted by atomic mass is 10.1. The molecule has 0 aliphatic carbocycles. The van der Waals surface area contributed by atoms with Crippen molar-refractivity contribution in [3.8, 4) is 0 Å². The summed E-state index contributed by atoms with van der Waals surface area (Å²) in [5.74, 6) is -0.142. The van der Waals surface area contributed by atoms with Crippen LogP contribution in [0, 0.1) is 0 Å². The number of anilines is 1. The molecule has 2 rings (SSSR count). The second-order valence-electron chi connectivity index (χ2n) is 4.58. The van der Waals surface area contributed by atoms with Gasteiger partial charge in [0.15, 0.2) is 0 Å². The number of benzene rings is 1. The molecule has 0 radical (unpaired) electrons. The van der Waals surface area contributed by atoms with Crippen LogP contribution in [0.1, 0.15) is 16.1 Å². The predicted molar refractivity (Wildman–Crippen MR) is 80.3 cm³/mol. The molecule has 0 saturated heterocycles. The molecule has 0 atom stereocenters. The Hall–Kier alpha value is -1.59. The Morgan fingerprint density at radius 2 is 2.11 bits per heavy atom. The van der Waals surface area contributed by atoms with Crippen LogP contribution in [-0.2, 0) is 6.54 Å². The van der Waals surface area contributed by atoms with E-state index in [1.54, 1.807) is 12.3 Å². The summed E-state index contributed by atoms with van der Waals surface area (Å²) in [6, 6.07) is 9.57. The maximum atomic E-state index is 12.1. The van der Waals surface area contributed by atoms with Crippen molar-refractivity contribution in [3.63, 3.8) is 0 Å². The Labute approximate surface area is 120 Å². The number of H-pyrrole nitrogens is 1. The molecule has 0 aliphatic rings. The summed E-state index contributed by atoms with van der Waals surface area (Å²) >= 11 is 3.32. The average molecular weight is 322 g/mol. The molecule has 5 heteroatoms. The van der Waals surface area contributed by atoms with Crippen LogP contribution in [0.4, 0.5) is 5.69 Å². The van der Waals surface area contributed by atoms with Gasteiger partial charge in [-0.25, -0.2) is 0 Å². The van der Waals surface area contributed by atoms with E-state index in [-0.39, 0.29) is 5.91 Å². The fourth-order valence-electron chi connectivity index (χ4n) is 1.81. The van der Waals surface area contributed by atoms with E-state index in [2.05, 4.69) is 31.1 Å². The van der Waals surface area contributed by atoms with Crippen LogP contribution in [0.15, 0.2) is 41.0 Å². The predicted octanol–water partition coefficient (Wildman–Crippen LogP) is 3.09. The maximum Gasteiger partial charge on any atom is 0.272 e. The second-order valence-corrected chi connectivity index (χ2v) is 5.50. The second kappa shape index (κ2) is 6.04. The summed E-state index contributed by atoms with van der Waals surface area (Å²) in [4.78, 5) is 17.1. The molecule has 0 fully saturated rings. The van der Waals surface area contributed by atoms with Gasteiger partial charge in [-0.2, -0.15) is 0 Å². The number of aromatic nitrogens is 1. The standard InChI is InChI=1S/C14H16BrN3O/c1-18(2)9-10-5-3-4-6-12(10)17-14(19)13-7-11(15)8-16-13/h3-8,16H,9H2,1-2H3,(H,17,19). The number of hydrogen-bond acceptors (Lipinski definition) is 2. The Morgan fingerprint density at radius 1 is 1.37 bits per heavy atom. The summed E-state index contributed by atoms with van der Waals surface area (Å²) in [5.41, 5.74) is 2.46. The zero-order chi connectivity index (χ0) is 13.8. The summed E-state index contributed by atoms with van der Waals surface area (Å²) in [6.07, 6.45) is 1.74. The number of amides is 1. The van der Waals surface area contributed by atoms with Gasteiger partial charge >= 0.3 is 0 Å². The van der Waals surface area contributed by atoms with Gasteiger partial charge in [0.25, 0.3) is 5.91 Å². The van der Waals surface area contributed by atoms with Crippen LogP contribution in [0.3, 0.4) is 0 Å². The van der Waals surface area contributed by atoms with Crippen molar-refractivity contribution in [2.24, 2.45) is 0 Å². The summed E-state index contributed by atoms with van der Waals surface area (Å²) < 4.78 is 0.860. The van der Waals surface area contributed by atoms with Crippen molar-refractivity contribution < 1.29 is 4.79 Å². The van der Waals surface area contributed by atoms with E-state index >= 15 is 0 Å². The van der Waals surface area contributed by atoms with Gasteiger partial charge in [-0.05, 0) is 47.7 Å². The van der Waals surface area contributed by atoms with Gasteiger partial charge in [-0.3, -0.25) is 4.79 Å². The van der Waals surface area contributed by atoms with E-state index < -0.39 is 0 Å².